The van der Waals surface area contributed by atoms with Gasteiger partial charge in [-0.15, -0.1) is 0 Å². The maximum Gasteiger partial charge on any atom is 0.260 e. The van der Waals surface area contributed by atoms with Crippen LogP contribution in [0, 0.1) is 0 Å². The van der Waals surface area contributed by atoms with Crippen molar-refractivity contribution in [1.82, 2.24) is 15.1 Å². The van der Waals surface area contributed by atoms with Crippen LogP contribution in [0.25, 0.3) is 0 Å². The molecule has 1 fully saturated rings. The van der Waals surface area contributed by atoms with Crippen molar-refractivity contribution in [3.8, 4) is 11.5 Å². The zero-order valence-electron chi connectivity index (χ0n) is 16.6. The largest absolute Gasteiger partial charge is 0.493 e. The maximum atomic E-state index is 12.4. The minimum atomic E-state index is 0.00651. The smallest absolute Gasteiger partial charge is 0.260 e. The van der Waals surface area contributed by atoms with Gasteiger partial charge in [-0.05, 0) is 42.8 Å². The van der Waals surface area contributed by atoms with Crippen molar-refractivity contribution in [3.63, 3.8) is 0 Å². The predicted octanol–water partition coefficient (Wildman–Crippen LogP) is 4.08. The van der Waals surface area contributed by atoms with Gasteiger partial charge in [-0.3, -0.25) is 9.89 Å². The van der Waals surface area contributed by atoms with Crippen molar-refractivity contribution in [1.29, 1.82) is 0 Å². The Morgan fingerprint density at radius 3 is 2.77 bits per heavy atom. The first-order chi connectivity index (χ1) is 14.7. The lowest BCUT2D eigenvalue weighted by molar-refractivity contribution is -0.132. The van der Waals surface area contributed by atoms with Gasteiger partial charge in [0, 0.05) is 36.1 Å². The molecule has 1 N–H and O–H groups in total. The number of ether oxygens (including phenoxy) is 2. The zero-order chi connectivity index (χ0) is 20.8. The monoisotopic (exact) mass is 425 g/mol. The van der Waals surface area contributed by atoms with Crippen molar-refractivity contribution in [2.24, 2.45) is 0 Å². The number of amides is 1. The summed E-state index contributed by atoms with van der Waals surface area (Å²) >= 11 is 5.97. The number of carbonyl (C=O) groups excluding carboxylic acids is 1. The van der Waals surface area contributed by atoms with Crippen LogP contribution in [-0.2, 0) is 11.2 Å². The number of nitrogens with zero attached hydrogens (tertiary/aromatic N) is 2. The number of carbonyl (C=O) groups is 1. The van der Waals surface area contributed by atoms with Crippen LogP contribution in [0.4, 0.5) is 0 Å². The normalized spacial score (nSPS) is 15.9. The third-order valence-corrected chi connectivity index (χ3v) is 5.39. The van der Waals surface area contributed by atoms with Gasteiger partial charge in [0.05, 0.1) is 12.3 Å². The summed E-state index contributed by atoms with van der Waals surface area (Å²) in [5.41, 5.74) is 2.01. The number of aromatic nitrogens is 2. The van der Waals surface area contributed by atoms with Crippen LogP contribution in [0.3, 0.4) is 0 Å². The molecule has 2 aromatic carbocycles. The van der Waals surface area contributed by atoms with Gasteiger partial charge in [0.1, 0.15) is 11.5 Å². The summed E-state index contributed by atoms with van der Waals surface area (Å²) in [6.07, 6.45) is 1.63. The van der Waals surface area contributed by atoms with Crippen LogP contribution in [0.1, 0.15) is 23.7 Å². The van der Waals surface area contributed by atoms with Gasteiger partial charge in [-0.1, -0.05) is 35.9 Å². The fourth-order valence-electron chi connectivity index (χ4n) is 3.53. The molecular weight excluding hydrogens is 402 g/mol. The number of benzene rings is 2. The molecule has 156 valence electrons. The molecule has 2 heterocycles. The van der Waals surface area contributed by atoms with Gasteiger partial charge in [-0.25, -0.2) is 0 Å². The van der Waals surface area contributed by atoms with E-state index in [0.717, 1.165) is 36.5 Å². The van der Waals surface area contributed by atoms with Gasteiger partial charge in [0.15, 0.2) is 6.61 Å². The molecule has 0 saturated carbocycles. The van der Waals surface area contributed by atoms with Crippen LogP contribution < -0.4 is 9.47 Å². The minimum absolute atomic E-state index is 0.00651. The molecule has 0 radical (unpaired) electrons. The number of hydrogen-bond acceptors (Lipinski definition) is 4. The van der Waals surface area contributed by atoms with Crippen LogP contribution in [0.2, 0.25) is 5.02 Å². The quantitative estimate of drug-likeness (QED) is 0.590. The molecule has 1 aliphatic heterocycles. The van der Waals surface area contributed by atoms with Crippen molar-refractivity contribution in [3.05, 3.63) is 77.1 Å². The number of aromatic amines is 1. The first-order valence-electron chi connectivity index (χ1n) is 10.1. The Balaban J connectivity index is 1.23. The number of likely N-dealkylation sites (tertiary alicyclic amines) is 1. The summed E-state index contributed by atoms with van der Waals surface area (Å²) < 4.78 is 11.3. The highest BCUT2D eigenvalue weighted by molar-refractivity contribution is 6.30. The number of H-pyrrole nitrogens is 1. The van der Waals surface area contributed by atoms with E-state index >= 15 is 0 Å². The molecule has 30 heavy (non-hydrogen) atoms. The number of nitrogens with one attached hydrogen (secondary N) is 1. The molecule has 4 rings (SSSR count). The average molecular weight is 426 g/mol. The van der Waals surface area contributed by atoms with E-state index in [2.05, 4.69) is 16.3 Å². The minimum Gasteiger partial charge on any atom is -0.493 e. The second-order valence-electron chi connectivity index (χ2n) is 7.30. The lowest BCUT2D eigenvalue weighted by Crippen LogP contribution is -2.32. The first kappa shape index (κ1) is 20.3. The van der Waals surface area contributed by atoms with Crippen molar-refractivity contribution < 1.29 is 14.3 Å². The average Bonchev–Trinajstić information content (AvgIpc) is 3.43. The van der Waals surface area contributed by atoms with Gasteiger partial charge >= 0.3 is 0 Å². The van der Waals surface area contributed by atoms with Gasteiger partial charge in [0.2, 0.25) is 0 Å². The third-order valence-electron chi connectivity index (χ3n) is 5.15. The Hall–Kier alpha value is -2.99. The number of para-hydroxylation sites is 1. The van der Waals surface area contributed by atoms with Gasteiger partial charge in [-0.2, -0.15) is 5.10 Å². The van der Waals surface area contributed by atoms with E-state index in [1.165, 1.54) is 0 Å². The Bertz CT molecular complexity index is 977. The lowest BCUT2D eigenvalue weighted by Gasteiger charge is -2.16. The molecule has 1 amide bonds. The zero-order valence-corrected chi connectivity index (χ0v) is 17.3. The first-order valence-corrected chi connectivity index (χ1v) is 10.4. The Morgan fingerprint density at radius 2 is 1.93 bits per heavy atom. The molecule has 1 aromatic heterocycles. The van der Waals surface area contributed by atoms with E-state index in [1.807, 2.05) is 53.4 Å². The number of rotatable bonds is 8. The van der Waals surface area contributed by atoms with E-state index in [4.69, 9.17) is 21.1 Å². The molecule has 0 bridgehead atoms. The summed E-state index contributed by atoms with van der Waals surface area (Å²) in [6, 6.07) is 18.8. The molecule has 1 atom stereocenters. The van der Waals surface area contributed by atoms with E-state index < -0.39 is 0 Å². The summed E-state index contributed by atoms with van der Waals surface area (Å²) in [6.45, 7) is 1.99. The summed E-state index contributed by atoms with van der Waals surface area (Å²) in [5.74, 6) is 1.71. The van der Waals surface area contributed by atoms with Gasteiger partial charge < -0.3 is 14.4 Å². The third kappa shape index (κ3) is 5.33. The molecule has 3 aromatic rings. The fourth-order valence-corrected chi connectivity index (χ4v) is 3.71. The molecule has 1 saturated heterocycles. The fraction of sp³-hybridized carbons (Fsp3) is 0.304. The Labute approximate surface area is 180 Å². The molecule has 0 spiro atoms. The molecule has 1 aliphatic rings. The highest BCUT2D eigenvalue weighted by Gasteiger charge is 2.29. The Morgan fingerprint density at radius 1 is 1.10 bits per heavy atom. The predicted molar refractivity (Wildman–Crippen MR) is 115 cm³/mol. The summed E-state index contributed by atoms with van der Waals surface area (Å²) in [7, 11) is 0. The number of halogens is 1. The topological polar surface area (TPSA) is 67.4 Å². The Kier molecular flexibility index (Phi) is 6.54. The van der Waals surface area contributed by atoms with E-state index in [-0.39, 0.29) is 18.4 Å². The summed E-state index contributed by atoms with van der Waals surface area (Å²) in [5, 5.41) is 8.20. The highest BCUT2D eigenvalue weighted by atomic mass is 35.5. The maximum absolute atomic E-state index is 12.4. The van der Waals surface area contributed by atoms with Crippen molar-refractivity contribution in [2.75, 3.05) is 26.3 Å². The van der Waals surface area contributed by atoms with Crippen LogP contribution in [0.15, 0.2) is 60.7 Å². The van der Waals surface area contributed by atoms with E-state index in [0.29, 0.717) is 23.9 Å². The van der Waals surface area contributed by atoms with Crippen LogP contribution in [-0.4, -0.2) is 47.3 Å². The molecule has 0 aliphatic carbocycles. The lowest BCUT2D eigenvalue weighted by atomic mass is 10.0. The molecule has 0 unspecified atom stereocenters. The van der Waals surface area contributed by atoms with Crippen LogP contribution >= 0.6 is 11.6 Å². The molecule has 6 nitrogen and oxygen atoms in total. The van der Waals surface area contributed by atoms with E-state index in [9.17, 15) is 4.79 Å². The van der Waals surface area contributed by atoms with Crippen molar-refractivity contribution >= 4 is 17.5 Å². The van der Waals surface area contributed by atoms with Crippen LogP contribution in [0.5, 0.6) is 11.5 Å². The van der Waals surface area contributed by atoms with E-state index in [1.54, 1.807) is 6.07 Å². The number of hydrogen-bond donors (Lipinski definition) is 1. The van der Waals surface area contributed by atoms with Crippen molar-refractivity contribution in [2.45, 2.75) is 18.8 Å². The second kappa shape index (κ2) is 9.67. The van der Waals surface area contributed by atoms with Gasteiger partial charge in [0.25, 0.3) is 5.91 Å². The molecular formula is C23H24ClN3O3. The molecule has 7 heteroatoms. The highest BCUT2D eigenvalue weighted by Crippen LogP contribution is 2.26. The SMILES string of the molecule is O=C(COc1ccccc1)N1CC[C@@H](c2cc(CCOc3cccc(Cl)c3)[nH]n2)C1. The standard InChI is InChI=1S/C23H24ClN3O3/c24-18-5-4-8-21(13-18)29-12-10-19-14-22(26-25-19)17-9-11-27(15-17)23(28)16-30-20-6-2-1-3-7-20/h1-8,13-14,17H,9-12,15-16H2,(H,25,26)/t17-/m1/s1. The summed E-state index contributed by atoms with van der Waals surface area (Å²) in [4.78, 5) is 14.3. The second-order valence-corrected chi connectivity index (χ2v) is 7.74.